The quantitative estimate of drug-likeness (QED) is 0.751. The van der Waals surface area contributed by atoms with Gasteiger partial charge >= 0.3 is 0 Å². The Bertz CT molecular complexity index is 542. The van der Waals surface area contributed by atoms with Gasteiger partial charge in [-0.1, -0.05) is 6.92 Å². The Balaban J connectivity index is 1.70. The highest BCUT2D eigenvalue weighted by Crippen LogP contribution is 2.61. The number of nitrogens with zero attached hydrogens (tertiary/aromatic N) is 2. The molecule has 0 spiro atoms. The molecule has 4 bridgehead atoms. The maximum absolute atomic E-state index is 13.4. The molecule has 4 aliphatic carbocycles. The third kappa shape index (κ3) is 2.13. The third-order valence-electron chi connectivity index (χ3n) is 5.97. The molecule has 3 nitrogen and oxygen atoms in total. The first-order chi connectivity index (χ1) is 10.1. The molecule has 5 rings (SSSR count). The summed E-state index contributed by atoms with van der Waals surface area (Å²) in [4.78, 5) is 13.4. The molecule has 0 unspecified atom stereocenters. The summed E-state index contributed by atoms with van der Waals surface area (Å²) in [5.74, 6) is 2.80. The molecule has 0 aromatic carbocycles. The zero-order valence-corrected chi connectivity index (χ0v) is 14.2. The minimum Gasteiger partial charge on any atom is -0.292 e. The van der Waals surface area contributed by atoms with E-state index in [2.05, 4.69) is 28.0 Å². The Morgan fingerprint density at radius 3 is 2.38 bits per heavy atom. The van der Waals surface area contributed by atoms with Crippen molar-refractivity contribution in [3.05, 3.63) is 16.4 Å². The number of hydrogen-bond acceptors (Lipinski definition) is 2. The molecule has 21 heavy (non-hydrogen) atoms. The molecule has 0 aliphatic heterocycles. The number of rotatable bonds is 4. The van der Waals surface area contributed by atoms with Gasteiger partial charge in [0.15, 0.2) is 5.78 Å². The molecule has 4 fully saturated rings. The minimum atomic E-state index is -0.0667. The van der Waals surface area contributed by atoms with Crippen LogP contribution in [-0.4, -0.2) is 15.6 Å². The third-order valence-corrected chi connectivity index (χ3v) is 6.55. The van der Waals surface area contributed by atoms with E-state index in [9.17, 15) is 4.79 Å². The summed E-state index contributed by atoms with van der Waals surface area (Å²) < 4.78 is 2.81. The van der Waals surface area contributed by atoms with Crippen LogP contribution < -0.4 is 0 Å². The van der Waals surface area contributed by atoms with Gasteiger partial charge in [-0.2, -0.15) is 5.10 Å². The predicted octanol–water partition coefficient (Wildman–Crippen LogP) is 4.45. The Kier molecular flexibility index (Phi) is 3.29. The van der Waals surface area contributed by atoms with E-state index in [1.54, 1.807) is 6.20 Å². The molecule has 0 radical (unpaired) electrons. The lowest BCUT2D eigenvalue weighted by Crippen LogP contribution is -2.50. The van der Waals surface area contributed by atoms with Gasteiger partial charge in [-0.05, 0) is 78.6 Å². The van der Waals surface area contributed by atoms with Crippen molar-refractivity contribution >= 4 is 21.7 Å². The number of carbonyl (C=O) groups excluding carboxylic acids is 1. The molecule has 0 saturated heterocycles. The fraction of sp³-hybridized carbons (Fsp3) is 0.765. The number of ketones is 1. The largest absolute Gasteiger partial charge is 0.292 e. The Labute approximate surface area is 134 Å². The second kappa shape index (κ2) is 4.94. The zero-order chi connectivity index (χ0) is 14.6. The zero-order valence-electron chi connectivity index (χ0n) is 12.6. The summed E-state index contributed by atoms with van der Waals surface area (Å²) in [6.45, 7) is 2.97. The molecule has 0 atom stereocenters. The van der Waals surface area contributed by atoms with Gasteiger partial charge in [0.1, 0.15) is 5.69 Å². The van der Waals surface area contributed by atoms with Gasteiger partial charge in [0.25, 0.3) is 0 Å². The van der Waals surface area contributed by atoms with E-state index in [0.717, 1.165) is 60.1 Å². The highest BCUT2D eigenvalue weighted by Gasteiger charge is 2.55. The lowest BCUT2D eigenvalue weighted by Gasteiger charge is -2.55. The van der Waals surface area contributed by atoms with E-state index in [1.807, 2.05) is 4.68 Å². The Morgan fingerprint density at radius 1 is 1.29 bits per heavy atom. The SMILES string of the molecule is CCCn1ncc(Br)c1C(=O)C12CC3CC(CC(C3)C1)C2. The maximum Gasteiger partial charge on any atom is 0.188 e. The van der Waals surface area contributed by atoms with Crippen molar-refractivity contribution in [3.63, 3.8) is 0 Å². The first kappa shape index (κ1) is 14.0. The second-order valence-corrected chi connectivity index (χ2v) is 8.45. The van der Waals surface area contributed by atoms with Crippen LogP contribution in [0.2, 0.25) is 0 Å². The van der Waals surface area contributed by atoms with Crippen molar-refractivity contribution in [1.82, 2.24) is 9.78 Å². The number of hydrogen-bond donors (Lipinski definition) is 0. The van der Waals surface area contributed by atoms with Gasteiger partial charge in [0.2, 0.25) is 0 Å². The molecule has 1 aromatic heterocycles. The van der Waals surface area contributed by atoms with Crippen LogP contribution in [0.3, 0.4) is 0 Å². The lowest BCUT2D eigenvalue weighted by atomic mass is 9.48. The Hall–Kier alpha value is -0.640. The number of carbonyl (C=O) groups is 1. The lowest BCUT2D eigenvalue weighted by molar-refractivity contribution is -0.0358. The van der Waals surface area contributed by atoms with Crippen LogP contribution in [0.5, 0.6) is 0 Å². The number of aromatic nitrogens is 2. The van der Waals surface area contributed by atoms with Crippen LogP contribution in [0.15, 0.2) is 10.7 Å². The van der Waals surface area contributed by atoms with Crippen LogP contribution in [0.4, 0.5) is 0 Å². The van der Waals surface area contributed by atoms with Crippen molar-refractivity contribution in [1.29, 1.82) is 0 Å². The first-order valence-corrected chi connectivity index (χ1v) is 9.16. The maximum atomic E-state index is 13.4. The predicted molar refractivity (Wildman–Crippen MR) is 85.2 cm³/mol. The van der Waals surface area contributed by atoms with Gasteiger partial charge in [0.05, 0.1) is 10.7 Å². The molecular weight excluding hydrogens is 328 g/mol. The van der Waals surface area contributed by atoms with Gasteiger partial charge in [-0.3, -0.25) is 9.48 Å². The van der Waals surface area contributed by atoms with Crippen molar-refractivity contribution < 1.29 is 4.79 Å². The molecule has 4 saturated carbocycles. The average molecular weight is 351 g/mol. The average Bonchev–Trinajstić information content (AvgIpc) is 2.78. The van der Waals surface area contributed by atoms with Gasteiger partial charge in [-0.15, -0.1) is 0 Å². The van der Waals surface area contributed by atoms with E-state index in [4.69, 9.17) is 0 Å². The fourth-order valence-corrected chi connectivity index (χ4v) is 6.09. The molecule has 1 aromatic rings. The summed E-state index contributed by atoms with van der Waals surface area (Å²) in [5.41, 5.74) is 0.766. The van der Waals surface area contributed by atoms with Gasteiger partial charge < -0.3 is 0 Å². The molecule has 0 amide bonds. The van der Waals surface area contributed by atoms with E-state index >= 15 is 0 Å². The minimum absolute atomic E-state index is 0.0667. The first-order valence-electron chi connectivity index (χ1n) is 8.37. The number of Topliss-reactive ketones (excluding diaryl/α,β-unsaturated/α-hetero) is 1. The number of aryl methyl sites for hydroxylation is 1. The van der Waals surface area contributed by atoms with Crippen LogP contribution in [0, 0.1) is 23.2 Å². The summed E-state index contributed by atoms with van der Waals surface area (Å²) in [6, 6.07) is 0. The van der Waals surface area contributed by atoms with Crippen LogP contribution in [-0.2, 0) is 6.54 Å². The standard InChI is InChI=1S/C17H23BrN2O/c1-2-3-20-15(14(18)10-19-20)16(21)17-7-11-4-12(8-17)6-13(5-11)9-17/h10-13H,2-9H2,1H3. The summed E-state index contributed by atoms with van der Waals surface area (Å²) in [7, 11) is 0. The fourth-order valence-electron chi connectivity index (χ4n) is 5.61. The van der Waals surface area contributed by atoms with Gasteiger partial charge in [0, 0.05) is 12.0 Å². The molecule has 4 aliphatic rings. The second-order valence-electron chi connectivity index (χ2n) is 7.59. The molecule has 114 valence electrons. The van der Waals surface area contributed by atoms with Crippen LogP contribution in [0.25, 0.3) is 0 Å². The van der Waals surface area contributed by atoms with E-state index in [-0.39, 0.29) is 5.41 Å². The van der Waals surface area contributed by atoms with Crippen LogP contribution >= 0.6 is 15.9 Å². The topological polar surface area (TPSA) is 34.9 Å². The van der Waals surface area contributed by atoms with E-state index < -0.39 is 0 Å². The molecule has 0 N–H and O–H groups in total. The van der Waals surface area contributed by atoms with Crippen molar-refractivity contribution in [3.8, 4) is 0 Å². The Morgan fingerprint density at radius 2 is 1.86 bits per heavy atom. The van der Waals surface area contributed by atoms with Crippen LogP contribution in [0.1, 0.15) is 62.4 Å². The van der Waals surface area contributed by atoms with E-state index in [1.165, 1.54) is 19.3 Å². The summed E-state index contributed by atoms with van der Waals surface area (Å²) >= 11 is 3.56. The highest BCUT2D eigenvalue weighted by atomic mass is 79.9. The monoisotopic (exact) mass is 350 g/mol. The molecular formula is C17H23BrN2O. The normalized spacial score (nSPS) is 37.1. The van der Waals surface area contributed by atoms with Crippen molar-refractivity contribution in [2.45, 2.75) is 58.4 Å². The molecule has 1 heterocycles. The van der Waals surface area contributed by atoms with Gasteiger partial charge in [-0.25, -0.2) is 0 Å². The highest BCUT2D eigenvalue weighted by molar-refractivity contribution is 9.10. The smallest absolute Gasteiger partial charge is 0.188 e. The molecule has 4 heteroatoms. The van der Waals surface area contributed by atoms with E-state index in [0.29, 0.717) is 5.78 Å². The van der Waals surface area contributed by atoms with Crippen molar-refractivity contribution in [2.24, 2.45) is 23.2 Å². The number of halogens is 1. The van der Waals surface area contributed by atoms with Crippen molar-refractivity contribution in [2.75, 3.05) is 0 Å². The summed E-state index contributed by atoms with van der Waals surface area (Å²) in [6.07, 6.45) is 10.3. The summed E-state index contributed by atoms with van der Waals surface area (Å²) in [5, 5.41) is 4.40.